The molecule has 36 heavy (non-hydrogen) atoms. The van der Waals surface area contributed by atoms with Gasteiger partial charge in [-0.05, 0) is 116 Å². The molecule has 2 aromatic carbocycles. The minimum absolute atomic E-state index is 0.147. The number of hydrogen-bond donors (Lipinski definition) is 2. The number of rotatable bonds is 8. The summed E-state index contributed by atoms with van der Waals surface area (Å²) in [4.78, 5) is 15.9. The molecule has 2 N–H and O–H groups in total. The molecule has 186 valence electrons. The third kappa shape index (κ3) is 4.96. The monoisotopic (exact) mass is 500 g/mol. The van der Waals surface area contributed by atoms with E-state index < -0.39 is 0 Å². The SMILES string of the molecule is O=C(Cc1ccc2[nH]nc(-c3ccc(OC4CCNCC4)cc3)c2c1)C(c1ccsc1)N1CCCC1. The van der Waals surface area contributed by atoms with Crippen molar-refractivity contribution in [3.8, 4) is 17.0 Å². The predicted molar refractivity (Wildman–Crippen MR) is 145 cm³/mol. The molecule has 1 atom stereocenters. The van der Waals surface area contributed by atoms with Crippen LogP contribution in [0, 0.1) is 0 Å². The van der Waals surface area contributed by atoms with Crippen molar-refractivity contribution in [2.45, 2.75) is 44.2 Å². The number of ether oxygens (including phenoxy) is 1. The number of carbonyl (C=O) groups is 1. The first-order valence-electron chi connectivity index (χ1n) is 13.0. The number of H-pyrrole nitrogens is 1. The number of aromatic amines is 1. The Morgan fingerprint density at radius 2 is 1.89 bits per heavy atom. The van der Waals surface area contributed by atoms with Gasteiger partial charge in [-0.25, -0.2) is 0 Å². The summed E-state index contributed by atoms with van der Waals surface area (Å²) in [5.41, 5.74) is 5.08. The van der Waals surface area contributed by atoms with E-state index in [1.54, 1.807) is 11.3 Å². The van der Waals surface area contributed by atoms with Crippen molar-refractivity contribution in [2.75, 3.05) is 26.2 Å². The normalized spacial score (nSPS) is 18.0. The number of fused-ring (bicyclic) bond motifs is 1. The molecule has 4 heterocycles. The summed E-state index contributed by atoms with van der Waals surface area (Å²) < 4.78 is 6.16. The second kappa shape index (κ2) is 10.5. The van der Waals surface area contributed by atoms with Gasteiger partial charge in [0.2, 0.25) is 0 Å². The standard InChI is InChI=1S/C29H32N4O2S/c34-27(29(22-11-16-36-19-22)33-14-1-2-15-33)18-20-3-8-26-25(17-20)28(32-31-26)21-4-6-23(7-5-21)35-24-9-12-30-13-10-24/h3-8,11,16-17,19,24,29-30H,1-2,9-10,12-15,18H2,(H,31,32). The van der Waals surface area contributed by atoms with Gasteiger partial charge in [-0.15, -0.1) is 0 Å². The molecular weight excluding hydrogens is 468 g/mol. The first-order valence-corrected chi connectivity index (χ1v) is 13.9. The maximum absolute atomic E-state index is 13.6. The molecule has 2 aliphatic rings. The van der Waals surface area contributed by atoms with E-state index in [1.807, 2.05) is 24.3 Å². The lowest BCUT2D eigenvalue weighted by atomic mass is 9.97. The highest BCUT2D eigenvalue weighted by molar-refractivity contribution is 7.08. The average Bonchev–Trinajstić information content (AvgIpc) is 3.69. The van der Waals surface area contributed by atoms with Gasteiger partial charge in [-0.2, -0.15) is 16.4 Å². The van der Waals surface area contributed by atoms with Gasteiger partial charge in [0.05, 0.1) is 17.3 Å². The molecule has 0 saturated carbocycles. The minimum Gasteiger partial charge on any atom is -0.490 e. The summed E-state index contributed by atoms with van der Waals surface area (Å²) >= 11 is 1.66. The first-order chi connectivity index (χ1) is 17.7. The zero-order valence-electron chi connectivity index (χ0n) is 20.4. The molecule has 0 aliphatic carbocycles. The zero-order valence-corrected chi connectivity index (χ0v) is 21.2. The molecule has 1 unspecified atom stereocenters. The molecule has 4 aromatic rings. The van der Waals surface area contributed by atoms with Crippen molar-refractivity contribution >= 4 is 28.0 Å². The number of carbonyl (C=O) groups excluding carboxylic acids is 1. The van der Waals surface area contributed by atoms with Gasteiger partial charge in [0.1, 0.15) is 11.9 Å². The summed E-state index contributed by atoms with van der Waals surface area (Å²) in [6.07, 6.45) is 5.11. The number of ketones is 1. The zero-order chi connectivity index (χ0) is 24.3. The van der Waals surface area contributed by atoms with Crippen molar-refractivity contribution in [1.29, 1.82) is 0 Å². The van der Waals surface area contributed by atoms with Crippen LogP contribution in [-0.2, 0) is 11.2 Å². The van der Waals surface area contributed by atoms with E-state index in [-0.39, 0.29) is 17.9 Å². The largest absolute Gasteiger partial charge is 0.490 e. The van der Waals surface area contributed by atoms with E-state index in [1.165, 1.54) is 12.8 Å². The van der Waals surface area contributed by atoms with Crippen LogP contribution in [-0.4, -0.2) is 53.2 Å². The highest BCUT2D eigenvalue weighted by atomic mass is 32.1. The van der Waals surface area contributed by atoms with Crippen LogP contribution < -0.4 is 10.1 Å². The second-order valence-corrected chi connectivity index (χ2v) is 10.7. The summed E-state index contributed by atoms with van der Waals surface area (Å²) in [5, 5.41) is 16.4. The Morgan fingerprint density at radius 1 is 1.08 bits per heavy atom. The maximum atomic E-state index is 13.6. The molecule has 0 bridgehead atoms. The molecule has 2 aromatic heterocycles. The summed E-state index contributed by atoms with van der Waals surface area (Å²) in [6.45, 7) is 4.01. The molecule has 6 rings (SSSR count). The predicted octanol–water partition coefficient (Wildman–Crippen LogP) is 5.37. The Kier molecular flexibility index (Phi) is 6.86. The fraction of sp³-hybridized carbons (Fsp3) is 0.379. The average molecular weight is 501 g/mol. The van der Waals surface area contributed by atoms with Gasteiger partial charge in [0, 0.05) is 17.4 Å². The lowest BCUT2D eigenvalue weighted by Crippen LogP contribution is -2.34. The van der Waals surface area contributed by atoms with E-state index in [9.17, 15) is 4.79 Å². The number of nitrogens with zero attached hydrogens (tertiary/aromatic N) is 2. The Hall–Kier alpha value is -3.00. The quantitative estimate of drug-likeness (QED) is 0.340. The summed E-state index contributed by atoms with van der Waals surface area (Å²) in [7, 11) is 0. The first kappa shape index (κ1) is 23.4. The number of likely N-dealkylation sites (tertiary alicyclic amines) is 1. The van der Waals surface area contributed by atoms with E-state index in [0.29, 0.717) is 6.42 Å². The van der Waals surface area contributed by atoms with Crippen LogP contribution in [0.3, 0.4) is 0 Å². The third-order valence-electron chi connectivity index (χ3n) is 7.39. The lowest BCUT2D eigenvalue weighted by molar-refractivity contribution is -0.123. The maximum Gasteiger partial charge on any atom is 0.158 e. The Labute approximate surface area is 215 Å². The van der Waals surface area contributed by atoms with Crippen LogP contribution in [0.4, 0.5) is 0 Å². The van der Waals surface area contributed by atoms with Crippen molar-refractivity contribution in [3.63, 3.8) is 0 Å². The molecule has 0 radical (unpaired) electrons. The summed E-state index contributed by atoms with van der Waals surface area (Å²) in [5.74, 6) is 1.16. The van der Waals surface area contributed by atoms with Crippen LogP contribution in [0.25, 0.3) is 22.2 Å². The van der Waals surface area contributed by atoms with Crippen molar-refractivity contribution in [2.24, 2.45) is 0 Å². The van der Waals surface area contributed by atoms with Crippen LogP contribution in [0.15, 0.2) is 59.3 Å². The number of aromatic nitrogens is 2. The van der Waals surface area contributed by atoms with Crippen molar-refractivity contribution < 1.29 is 9.53 Å². The second-order valence-electron chi connectivity index (χ2n) is 9.89. The summed E-state index contributed by atoms with van der Waals surface area (Å²) in [6, 6.07) is 16.4. The highest BCUT2D eigenvalue weighted by Crippen LogP contribution is 2.31. The topological polar surface area (TPSA) is 70.2 Å². The smallest absolute Gasteiger partial charge is 0.158 e. The number of benzene rings is 2. The molecule has 0 amide bonds. The van der Waals surface area contributed by atoms with Gasteiger partial charge < -0.3 is 10.1 Å². The van der Waals surface area contributed by atoms with E-state index in [2.05, 4.69) is 55.4 Å². The Bertz CT molecular complexity index is 1300. The van der Waals surface area contributed by atoms with E-state index in [4.69, 9.17) is 4.74 Å². The number of thiophene rings is 1. The highest BCUT2D eigenvalue weighted by Gasteiger charge is 2.30. The van der Waals surface area contributed by atoms with Gasteiger partial charge in [-0.1, -0.05) is 6.07 Å². The van der Waals surface area contributed by atoms with Crippen LogP contribution >= 0.6 is 11.3 Å². The number of piperidine rings is 1. The van der Waals surface area contributed by atoms with Gasteiger partial charge in [-0.3, -0.25) is 14.8 Å². The van der Waals surface area contributed by atoms with Gasteiger partial charge in [0.25, 0.3) is 0 Å². The van der Waals surface area contributed by atoms with Crippen molar-refractivity contribution in [3.05, 3.63) is 70.4 Å². The van der Waals surface area contributed by atoms with E-state index >= 15 is 0 Å². The van der Waals surface area contributed by atoms with Crippen LogP contribution in [0.5, 0.6) is 5.75 Å². The van der Waals surface area contributed by atoms with Gasteiger partial charge in [0.15, 0.2) is 5.78 Å². The van der Waals surface area contributed by atoms with Crippen LogP contribution in [0.2, 0.25) is 0 Å². The fourth-order valence-corrected chi connectivity index (χ4v) is 6.20. The Morgan fingerprint density at radius 3 is 2.64 bits per heavy atom. The number of Topliss-reactive ketones (excluding diaryl/α,β-unsaturated/α-hetero) is 1. The lowest BCUT2D eigenvalue weighted by Gasteiger charge is -2.26. The molecule has 2 saturated heterocycles. The third-order valence-corrected chi connectivity index (χ3v) is 8.09. The number of hydrogen-bond acceptors (Lipinski definition) is 6. The molecule has 0 spiro atoms. The molecule has 7 heteroatoms. The number of nitrogens with one attached hydrogen (secondary N) is 2. The Balaban J connectivity index is 1.21. The molecule has 2 fully saturated rings. The molecular formula is C29H32N4O2S. The fourth-order valence-electron chi connectivity index (χ4n) is 5.52. The van der Waals surface area contributed by atoms with Crippen molar-refractivity contribution in [1.82, 2.24) is 20.4 Å². The van der Waals surface area contributed by atoms with Crippen LogP contribution in [0.1, 0.15) is 42.9 Å². The van der Waals surface area contributed by atoms with E-state index in [0.717, 1.165) is 78.1 Å². The van der Waals surface area contributed by atoms with Gasteiger partial charge >= 0.3 is 0 Å². The minimum atomic E-state index is -0.147. The molecule has 6 nitrogen and oxygen atoms in total. The molecule has 2 aliphatic heterocycles.